The number of aryl methyl sites for hydroxylation is 1. The molecule has 0 fully saturated rings. The molecule has 0 aliphatic rings. The second-order valence-electron chi connectivity index (χ2n) is 2.81. The van der Waals surface area contributed by atoms with E-state index < -0.39 is 14.2 Å². The standard InChI is InChI=1S/C9H13N.Al.ClH.O/c1-6-4-5-9(10)8(3)7(6)2;;;/h4-5H,10H2,1-3H3;;1H;/q;+1;;/p-1. The van der Waals surface area contributed by atoms with Crippen LogP contribution >= 0.6 is 10.0 Å². The van der Waals surface area contributed by atoms with Crippen LogP contribution in [0.1, 0.15) is 16.7 Å². The van der Waals surface area contributed by atoms with Crippen LogP contribution in [0.3, 0.4) is 0 Å². The van der Waals surface area contributed by atoms with E-state index >= 15 is 0 Å². The van der Waals surface area contributed by atoms with Gasteiger partial charge in [-0.25, -0.2) is 0 Å². The van der Waals surface area contributed by atoms with Gasteiger partial charge in [-0.3, -0.25) is 0 Å². The van der Waals surface area contributed by atoms with Crippen LogP contribution in [0.25, 0.3) is 0 Å². The Balaban J connectivity index is 0.000000424. The first kappa shape index (κ1) is 12.6. The molecule has 0 bridgehead atoms. The Morgan fingerprint density at radius 2 is 1.69 bits per heavy atom. The van der Waals surface area contributed by atoms with Crippen molar-refractivity contribution in [2.75, 3.05) is 5.73 Å². The topological polar surface area (TPSA) is 43.1 Å². The summed E-state index contributed by atoms with van der Waals surface area (Å²) in [5.41, 5.74) is 10.4. The zero-order valence-electron chi connectivity index (χ0n) is 8.10. The summed E-state index contributed by atoms with van der Waals surface area (Å²) in [4.78, 5) is 0. The molecule has 4 heteroatoms. The molecule has 0 saturated carbocycles. The number of benzene rings is 1. The molecule has 13 heavy (non-hydrogen) atoms. The second-order valence-corrected chi connectivity index (χ2v) is 3.52. The van der Waals surface area contributed by atoms with Crippen LogP contribution in [-0.2, 0) is 3.80 Å². The van der Waals surface area contributed by atoms with E-state index in [0.29, 0.717) is 0 Å². The molecule has 2 N–H and O–H groups in total. The SMILES string of the molecule is Cc1ccc(N)c(C)c1C.[O]=[Al][Cl]. The number of halogens is 1. The first-order valence-electron chi connectivity index (χ1n) is 3.90. The summed E-state index contributed by atoms with van der Waals surface area (Å²) in [6, 6.07) is 4.01. The molecule has 0 spiro atoms. The molecule has 0 amide bonds. The molecule has 0 aromatic heterocycles. The number of rotatable bonds is 0. The monoisotopic (exact) mass is 213 g/mol. The van der Waals surface area contributed by atoms with E-state index in [-0.39, 0.29) is 0 Å². The quantitative estimate of drug-likeness (QED) is 0.531. The molecule has 0 radical (unpaired) electrons. The average Bonchev–Trinajstić information content (AvgIpc) is 2.10. The molecular formula is C9H13AlClNO. The normalized spacial score (nSPS) is 8.31. The van der Waals surface area contributed by atoms with E-state index in [1.165, 1.54) is 16.7 Å². The van der Waals surface area contributed by atoms with Crippen molar-refractivity contribution in [2.45, 2.75) is 20.8 Å². The van der Waals surface area contributed by atoms with Crippen LogP contribution in [0, 0.1) is 20.8 Å². The minimum absolute atomic E-state index is 0.892. The Morgan fingerprint density at radius 1 is 1.23 bits per heavy atom. The zero-order valence-corrected chi connectivity index (χ0v) is 10.0. The summed E-state index contributed by atoms with van der Waals surface area (Å²) in [6.45, 7) is 6.25. The van der Waals surface area contributed by atoms with Crippen molar-refractivity contribution < 1.29 is 3.80 Å². The van der Waals surface area contributed by atoms with Crippen LogP contribution in [-0.4, -0.2) is 14.2 Å². The predicted molar refractivity (Wildman–Crippen MR) is 57.4 cm³/mol. The number of nitrogens with two attached hydrogens (primary N) is 1. The van der Waals surface area contributed by atoms with Gasteiger partial charge < -0.3 is 5.73 Å². The molecule has 0 atom stereocenters. The van der Waals surface area contributed by atoms with E-state index in [9.17, 15) is 0 Å². The van der Waals surface area contributed by atoms with E-state index in [1.54, 1.807) is 0 Å². The van der Waals surface area contributed by atoms with Gasteiger partial charge in [0.1, 0.15) is 0 Å². The van der Waals surface area contributed by atoms with Gasteiger partial charge in [-0.2, -0.15) is 0 Å². The first-order chi connectivity index (χ1) is 6.04. The van der Waals surface area contributed by atoms with Crippen LogP contribution < -0.4 is 5.73 Å². The van der Waals surface area contributed by atoms with Crippen molar-refractivity contribution in [3.05, 3.63) is 28.8 Å². The van der Waals surface area contributed by atoms with Crippen LogP contribution in [0.15, 0.2) is 12.1 Å². The van der Waals surface area contributed by atoms with Gasteiger partial charge in [-0.05, 0) is 43.5 Å². The first-order valence-corrected chi connectivity index (χ1v) is 6.12. The number of nitrogen functional groups attached to an aromatic ring is 1. The van der Waals surface area contributed by atoms with Crippen molar-refractivity contribution in [1.29, 1.82) is 0 Å². The Kier molecular flexibility index (Phi) is 5.98. The molecule has 2 nitrogen and oxygen atoms in total. The Bertz CT molecular complexity index is 275. The third kappa shape index (κ3) is 3.91. The average molecular weight is 214 g/mol. The molecule has 70 valence electrons. The fourth-order valence-corrected chi connectivity index (χ4v) is 0.977. The van der Waals surface area contributed by atoms with Gasteiger partial charge in [-0.15, -0.1) is 0 Å². The van der Waals surface area contributed by atoms with E-state index in [1.807, 2.05) is 6.07 Å². The summed E-state index contributed by atoms with van der Waals surface area (Å²) < 4.78 is 8.78. The number of hydrogen-bond donors (Lipinski definition) is 1. The van der Waals surface area contributed by atoms with Crippen LogP contribution in [0.2, 0.25) is 0 Å². The van der Waals surface area contributed by atoms with Gasteiger partial charge in [0, 0.05) is 5.69 Å². The molecule has 0 unspecified atom stereocenters. The van der Waals surface area contributed by atoms with Gasteiger partial charge in [0.15, 0.2) is 0 Å². The van der Waals surface area contributed by atoms with E-state index in [4.69, 9.17) is 9.54 Å². The Morgan fingerprint density at radius 3 is 2.08 bits per heavy atom. The van der Waals surface area contributed by atoms with Crippen molar-refractivity contribution in [1.82, 2.24) is 0 Å². The molecule has 1 aromatic rings. The van der Waals surface area contributed by atoms with Crippen molar-refractivity contribution in [3.8, 4) is 0 Å². The van der Waals surface area contributed by atoms with Gasteiger partial charge in [0.05, 0.1) is 0 Å². The third-order valence-corrected chi connectivity index (χ3v) is 2.10. The second kappa shape index (κ2) is 6.15. The van der Waals surface area contributed by atoms with Gasteiger partial charge in [-0.1, -0.05) is 6.07 Å². The summed E-state index contributed by atoms with van der Waals surface area (Å²) in [5.74, 6) is 0. The molecule has 0 saturated heterocycles. The fourth-order valence-electron chi connectivity index (χ4n) is 0.977. The summed E-state index contributed by atoms with van der Waals surface area (Å²) >= 11 is -1.03. The van der Waals surface area contributed by atoms with Crippen LogP contribution in [0.4, 0.5) is 5.69 Å². The maximum atomic E-state index is 8.78. The van der Waals surface area contributed by atoms with Gasteiger partial charge in [0.25, 0.3) is 0 Å². The van der Waals surface area contributed by atoms with Gasteiger partial charge in [0.2, 0.25) is 0 Å². The molecule has 1 aromatic carbocycles. The fraction of sp³-hybridized carbons (Fsp3) is 0.333. The van der Waals surface area contributed by atoms with E-state index in [0.717, 1.165) is 5.69 Å². The Hall–Kier alpha value is -0.358. The maximum absolute atomic E-state index is 8.78. The molecule has 0 heterocycles. The summed E-state index contributed by atoms with van der Waals surface area (Å²) in [7, 11) is 4.53. The zero-order chi connectivity index (χ0) is 10.4. The van der Waals surface area contributed by atoms with Crippen molar-refractivity contribution >= 4 is 30.0 Å². The molecule has 0 aliphatic carbocycles. The summed E-state index contributed by atoms with van der Waals surface area (Å²) in [5, 5.41) is 0. The van der Waals surface area contributed by atoms with Crippen molar-refractivity contribution in [3.63, 3.8) is 0 Å². The third-order valence-electron chi connectivity index (χ3n) is 2.10. The van der Waals surface area contributed by atoms with E-state index in [2.05, 4.69) is 36.9 Å². The predicted octanol–water partition coefficient (Wildman–Crippen LogP) is 2.38. The number of hydrogen-bond acceptors (Lipinski definition) is 2. The summed E-state index contributed by atoms with van der Waals surface area (Å²) in [6.07, 6.45) is 0. The Labute approximate surface area is 89.2 Å². The minimum atomic E-state index is -1.03. The van der Waals surface area contributed by atoms with Gasteiger partial charge >= 0.3 is 28.1 Å². The number of anilines is 1. The molecule has 1 rings (SSSR count). The van der Waals surface area contributed by atoms with Crippen LogP contribution in [0.5, 0.6) is 0 Å². The molecular weight excluding hydrogens is 201 g/mol. The molecule has 0 aliphatic heterocycles. The van der Waals surface area contributed by atoms with Crippen molar-refractivity contribution in [2.24, 2.45) is 0 Å².